The van der Waals surface area contributed by atoms with E-state index in [1.807, 2.05) is 19.1 Å². The van der Waals surface area contributed by atoms with E-state index in [0.717, 1.165) is 13.0 Å². The lowest BCUT2D eigenvalue weighted by Gasteiger charge is -2.06. The average Bonchev–Trinajstić information content (AvgIpc) is 2.15. The van der Waals surface area contributed by atoms with Crippen molar-refractivity contribution in [3.8, 4) is 11.8 Å². The number of rotatable bonds is 3. The largest absolute Gasteiger partial charge is 0.384 e. The number of anilines is 1. The van der Waals surface area contributed by atoms with Crippen LogP contribution in [0.4, 0.5) is 5.69 Å². The van der Waals surface area contributed by atoms with Crippen LogP contribution in [-0.2, 0) is 0 Å². The summed E-state index contributed by atoms with van der Waals surface area (Å²) in [6.07, 6.45) is 0.908. The standard InChI is InChI=1S/C12H15N/c1-3-4-7-10-13-12-9-6-5-8-11(12)2/h5-6,8-9,13H,7,10H2,1-2H3. The Kier molecular flexibility index (Phi) is 3.92. The van der Waals surface area contributed by atoms with Crippen molar-refractivity contribution >= 4 is 5.69 Å². The third-order valence-electron chi connectivity index (χ3n) is 1.89. The van der Waals surface area contributed by atoms with Gasteiger partial charge in [-0.25, -0.2) is 0 Å². The van der Waals surface area contributed by atoms with E-state index in [0.29, 0.717) is 0 Å². The van der Waals surface area contributed by atoms with E-state index >= 15 is 0 Å². The molecule has 0 aliphatic heterocycles. The normalized spacial score (nSPS) is 8.77. The zero-order chi connectivity index (χ0) is 9.52. The lowest BCUT2D eigenvalue weighted by Crippen LogP contribution is -2.01. The summed E-state index contributed by atoms with van der Waals surface area (Å²) in [5.74, 6) is 5.90. The maximum absolute atomic E-state index is 3.35. The monoisotopic (exact) mass is 173 g/mol. The summed E-state index contributed by atoms with van der Waals surface area (Å²) in [4.78, 5) is 0. The third-order valence-corrected chi connectivity index (χ3v) is 1.89. The Hall–Kier alpha value is -1.42. The lowest BCUT2D eigenvalue weighted by molar-refractivity contribution is 1.09. The molecule has 0 radical (unpaired) electrons. The second kappa shape index (κ2) is 5.27. The van der Waals surface area contributed by atoms with Crippen molar-refractivity contribution in [2.75, 3.05) is 11.9 Å². The van der Waals surface area contributed by atoms with Gasteiger partial charge in [0.25, 0.3) is 0 Å². The van der Waals surface area contributed by atoms with Crippen LogP contribution in [-0.4, -0.2) is 6.54 Å². The molecule has 0 amide bonds. The summed E-state index contributed by atoms with van der Waals surface area (Å²) in [6, 6.07) is 8.29. The van der Waals surface area contributed by atoms with Gasteiger partial charge in [-0.3, -0.25) is 0 Å². The fraction of sp³-hybridized carbons (Fsp3) is 0.333. The van der Waals surface area contributed by atoms with E-state index in [-0.39, 0.29) is 0 Å². The molecule has 0 fully saturated rings. The molecule has 0 saturated carbocycles. The van der Waals surface area contributed by atoms with E-state index < -0.39 is 0 Å². The number of nitrogens with one attached hydrogen (secondary N) is 1. The van der Waals surface area contributed by atoms with Crippen molar-refractivity contribution < 1.29 is 0 Å². The van der Waals surface area contributed by atoms with Gasteiger partial charge in [-0.05, 0) is 25.5 Å². The minimum absolute atomic E-state index is 0.908. The minimum atomic E-state index is 0.908. The first-order valence-electron chi connectivity index (χ1n) is 4.53. The molecule has 1 aromatic carbocycles. The molecule has 1 aromatic rings. The van der Waals surface area contributed by atoms with Gasteiger partial charge in [0, 0.05) is 18.7 Å². The van der Waals surface area contributed by atoms with Gasteiger partial charge < -0.3 is 5.32 Å². The molecule has 1 heteroatoms. The van der Waals surface area contributed by atoms with Crippen molar-refractivity contribution in [2.45, 2.75) is 20.3 Å². The van der Waals surface area contributed by atoms with Crippen molar-refractivity contribution in [3.05, 3.63) is 29.8 Å². The molecule has 0 spiro atoms. The van der Waals surface area contributed by atoms with Gasteiger partial charge in [0.1, 0.15) is 0 Å². The van der Waals surface area contributed by atoms with Gasteiger partial charge in [-0.15, -0.1) is 11.8 Å². The van der Waals surface area contributed by atoms with Crippen LogP contribution in [0.2, 0.25) is 0 Å². The van der Waals surface area contributed by atoms with Gasteiger partial charge in [0.2, 0.25) is 0 Å². The molecular weight excluding hydrogens is 158 g/mol. The zero-order valence-corrected chi connectivity index (χ0v) is 8.22. The van der Waals surface area contributed by atoms with E-state index in [4.69, 9.17) is 0 Å². The van der Waals surface area contributed by atoms with Crippen molar-refractivity contribution in [3.63, 3.8) is 0 Å². The summed E-state index contributed by atoms with van der Waals surface area (Å²) in [5, 5.41) is 3.35. The van der Waals surface area contributed by atoms with Gasteiger partial charge in [-0.1, -0.05) is 18.2 Å². The number of benzene rings is 1. The smallest absolute Gasteiger partial charge is 0.0370 e. The highest BCUT2D eigenvalue weighted by atomic mass is 14.9. The first kappa shape index (κ1) is 9.67. The molecule has 13 heavy (non-hydrogen) atoms. The van der Waals surface area contributed by atoms with Crippen LogP contribution in [0, 0.1) is 18.8 Å². The Morgan fingerprint density at radius 3 is 2.77 bits per heavy atom. The summed E-state index contributed by atoms with van der Waals surface area (Å²) in [6.45, 7) is 4.90. The van der Waals surface area contributed by atoms with Crippen molar-refractivity contribution in [2.24, 2.45) is 0 Å². The van der Waals surface area contributed by atoms with Gasteiger partial charge in [0.15, 0.2) is 0 Å². The molecule has 0 saturated heterocycles. The quantitative estimate of drug-likeness (QED) is 0.547. The Labute approximate surface area is 80.2 Å². The number of para-hydroxylation sites is 1. The third kappa shape index (κ3) is 3.21. The zero-order valence-electron chi connectivity index (χ0n) is 8.22. The number of hydrogen-bond donors (Lipinski definition) is 1. The Morgan fingerprint density at radius 2 is 2.08 bits per heavy atom. The highest BCUT2D eigenvalue weighted by molar-refractivity contribution is 5.50. The van der Waals surface area contributed by atoms with Gasteiger partial charge in [0.05, 0.1) is 0 Å². The maximum atomic E-state index is 3.35. The van der Waals surface area contributed by atoms with Gasteiger partial charge >= 0.3 is 0 Å². The first-order chi connectivity index (χ1) is 6.34. The van der Waals surface area contributed by atoms with E-state index in [2.05, 4.69) is 36.2 Å². The Balaban J connectivity index is 2.44. The molecule has 0 bridgehead atoms. The number of aryl methyl sites for hydroxylation is 1. The summed E-state index contributed by atoms with van der Waals surface area (Å²) >= 11 is 0. The molecule has 68 valence electrons. The summed E-state index contributed by atoms with van der Waals surface area (Å²) in [7, 11) is 0. The molecule has 0 aromatic heterocycles. The van der Waals surface area contributed by atoms with E-state index in [1.54, 1.807) is 0 Å². The van der Waals surface area contributed by atoms with Crippen LogP contribution in [0.15, 0.2) is 24.3 Å². The molecule has 1 N–H and O–H groups in total. The van der Waals surface area contributed by atoms with E-state index in [1.165, 1.54) is 11.3 Å². The van der Waals surface area contributed by atoms with E-state index in [9.17, 15) is 0 Å². The predicted octanol–water partition coefficient (Wildman–Crippen LogP) is 2.82. The van der Waals surface area contributed by atoms with Crippen LogP contribution < -0.4 is 5.32 Å². The van der Waals surface area contributed by atoms with Crippen LogP contribution in [0.1, 0.15) is 18.9 Å². The van der Waals surface area contributed by atoms with Crippen molar-refractivity contribution in [1.29, 1.82) is 0 Å². The van der Waals surface area contributed by atoms with Crippen molar-refractivity contribution in [1.82, 2.24) is 0 Å². The molecule has 0 heterocycles. The molecule has 0 atom stereocenters. The van der Waals surface area contributed by atoms with Crippen LogP contribution in [0.25, 0.3) is 0 Å². The molecule has 0 aliphatic carbocycles. The Morgan fingerprint density at radius 1 is 1.31 bits per heavy atom. The predicted molar refractivity (Wildman–Crippen MR) is 57.7 cm³/mol. The SMILES string of the molecule is CC#CCCNc1ccccc1C. The Bertz CT molecular complexity index is 317. The second-order valence-electron chi connectivity index (χ2n) is 2.92. The van der Waals surface area contributed by atoms with Gasteiger partial charge in [-0.2, -0.15) is 0 Å². The molecule has 0 aliphatic rings. The second-order valence-corrected chi connectivity index (χ2v) is 2.92. The molecule has 0 unspecified atom stereocenters. The molecular formula is C12H15N. The maximum Gasteiger partial charge on any atom is 0.0370 e. The molecule has 1 nitrogen and oxygen atoms in total. The topological polar surface area (TPSA) is 12.0 Å². The highest BCUT2D eigenvalue weighted by Gasteiger charge is 1.92. The average molecular weight is 173 g/mol. The summed E-state index contributed by atoms with van der Waals surface area (Å²) in [5.41, 5.74) is 2.49. The van der Waals surface area contributed by atoms with Crippen LogP contribution >= 0.6 is 0 Å². The number of hydrogen-bond acceptors (Lipinski definition) is 1. The highest BCUT2D eigenvalue weighted by Crippen LogP contribution is 2.12. The van der Waals surface area contributed by atoms with Crippen LogP contribution in [0.5, 0.6) is 0 Å². The van der Waals surface area contributed by atoms with Crippen LogP contribution in [0.3, 0.4) is 0 Å². The fourth-order valence-electron chi connectivity index (χ4n) is 1.16. The lowest BCUT2D eigenvalue weighted by atomic mass is 10.2. The first-order valence-corrected chi connectivity index (χ1v) is 4.53. The fourth-order valence-corrected chi connectivity index (χ4v) is 1.16. The molecule has 1 rings (SSSR count). The summed E-state index contributed by atoms with van der Waals surface area (Å²) < 4.78 is 0. The minimum Gasteiger partial charge on any atom is -0.384 e.